The highest BCUT2D eigenvalue weighted by Crippen LogP contribution is 2.18. The topological polar surface area (TPSA) is 174 Å². The largest absolute Gasteiger partial charge is 0.480 e. The Kier molecular flexibility index (Phi) is 12.2. The van der Waals surface area contributed by atoms with Crippen LogP contribution in [0.5, 0.6) is 0 Å². The van der Waals surface area contributed by atoms with E-state index >= 15 is 0 Å². The molecule has 12 nitrogen and oxygen atoms in total. The molecule has 230 valence electrons. The molecule has 0 spiro atoms. The van der Waals surface area contributed by atoms with Crippen molar-refractivity contribution in [3.63, 3.8) is 0 Å². The van der Waals surface area contributed by atoms with Crippen molar-refractivity contribution in [2.24, 2.45) is 5.92 Å². The van der Waals surface area contributed by atoms with Gasteiger partial charge in [-0.15, -0.1) is 0 Å². The number of carbonyl (C=O) groups is 6. The molecule has 1 aliphatic rings. The van der Waals surface area contributed by atoms with Gasteiger partial charge in [-0.3, -0.25) is 24.0 Å². The summed E-state index contributed by atoms with van der Waals surface area (Å²) in [4.78, 5) is 77.1. The summed E-state index contributed by atoms with van der Waals surface area (Å²) in [6, 6.07) is 14.1. The molecule has 12 heteroatoms. The van der Waals surface area contributed by atoms with Gasteiger partial charge in [-0.25, -0.2) is 4.79 Å². The molecule has 2 aromatic carbocycles. The molecule has 0 aromatic heterocycles. The molecule has 2 aromatic rings. The quantitative estimate of drug-likeness (QED) is 0.216. The van der Waals surface area contributed by atoms with Gasteiger partial charge in [-0.2, -0.15) is 0 Å². The third kappa shape index (κ3) is 10.2. The number of carbonyl (C=O) groups excluding carboxylic acids is 5. The Morgan fingerprint density at radius 2 is 1.53 bits per heavy atom. The second kappa shape index (κ2) is 16.0. The van der Waals surface area contributed by atoms with E-state index in [-0.39, 0.29) is 31.8 Å². The normalized spacial score (nSPS) is 15.7. The maximum Gasteiger partial charge on any atom is 0.328 e. The molecule has 1 heterocycles. The van der Waals surface area contributed by atoms with Crippen LogP contribution in [0.2, 0.25) is 0 Å². The van der Waals surface area contributed by atoms with E-state index in [1.807, 2.05) is 13.8 Å². The summed E-state index contributed by atoms with van der Waals surface area (Å²) in [6.45, 7) is 3.42. The van der Waals surface area contributed by atoms with Crippen LogP contribution in [0.15, 0.2) is 60.7 Å². The number of nitrogens with zero attached hydrogens (tertiary/aromatic N) is 1. The maximum atomic E-state index is 13.3. The third-order valence-corrected chi connectivity index (χ3v) is 6.97. The molecule has 0 aliphatic carbocycles. The van der Waals surface area contributed by atoms with E-state index in [1.165, 1.54) is 4.90 Å². The molecule has 0 unspecified atom stereocenters. The van der Waals surface area contributed by atoms with Crippen molar-refractivity contribution in [1.29, 1.82) is 0 Å². The fourth-order valence-electron chi connectivity index (χ4n) is 4.81. The van der Waals surface area contributed by atoms with Crippen molar-refractivity contribution in [3.05, 3.63) is 71.8 Å². The second-order valence-electron chi connectivity index (χ2n) is 10.9. The van der Waals surface area contributed by atoms with Crippen molar-refractivity contribution in [1.82, 2.24) is 26.2 Å². The fraction of sp³-hybridized carbons (Fsp3) is 0.419. The highest BCUT2D eigenvalue weighted by molar-refractivity contribution is 5.97. The minimum atomic E-state index is -1.37. The fourth-order valence-corrected chi connectivity index (χ4v) is 4.81. The monoisotopic (exact) mass is 593 g/mol. The van der Waals surface area contributed by atoms with Crippen LogP contribution >= 0.6 is 0 Å². The van der Waals surface area contributed by atoms with Crippen molar-refractivity contribution in [3.8, 4) is 0 Å². The molecule has 0 radical (unpaired) electrons. The number of carboxylic acid groups (broad SMARTS) is 1. The molecule has 1 saturated heterocycles. The Morgan fingerprint density at radius 1 is 0.884 bits per heavy atom. The lowest BCUT2D eigenvalue weighted by Gasteiger charge is -2.27. The lowest BCUT2D eigenvalue weighted by Crippen LogP contribution is -2.56. The Bertz CT molecular complexity index is 1290. The van der Waals surface area contributed by atoms with Crippen molar-refractivity contribution in [2.75, 3.05) is 19.6 Å². The second-order valence-corrected chi connectivity index (χ2v) is 10.9. The van der Waals surface area contributed by atoms with E-state index in [0.717, 1.165) is 0 Å². The summed E-state index contributed by atoms with van der Waals surface area (Å²) in [5.74, 6) is -3.74. The van der Waals surface area contributed by atoms with Crippen LogP contribution in [0.3, 0.4) is 0 Å². The number of aliphatic carboxylic acids is 1. The average Bonchev–Trinajstić information content (AvgIpc) is 3.48. The Labute approximate surface area is 250 Å². The Morgan fingerprint density at radius 3 is 2.16 bits per heavy atom. The first-order chi connectivity index (χ1) is 20.5. The third-order valence-electron chi connectivity index (χ3n) is 6.97. The smallest absolute Gasteiger partial charge is 0.328 e. The highest BCUT2D eigenvalue weighted by Gasteiger charge is 2.36. The number of nitrogens with one attached hydrogen (secondary N) is 4. The van der Waals surface area contributed by atoms with Gasteiger partial charge < -0.3 is 31.3 Å². The number of carboxylic acids is 1. The molecule has 5 N–H and O–H groups in total. The summed E-state index contributed by atoms with van der Waals surface area (Å²) >= 11 is 0. The van der Waals surface area contributed by atoms with Crippen LogP contribution in [0.4, 0.5) is 0 Å². The van der Waals surface area contributed by atoms with E-state index in [0.29, 0.717) is 30.5 Å². The van der Waals surface area contributed by atoms with Crippen molar-refractivity contribution >= 4 is 35.5 Å². The van der Waals surface area contributed by atoms with Gasteiger partial charge in [0.05, 0.1) is 13.0 Å². The summed E-state index contributed by atoms with van der Waals surface area (Å²) in [5, 5.41) is 19.9. The minimum absolute atomic E-state index is 0.00593. The first kappa shape index (κ1) is 32.8. The zero-order valence-corrected chi connectivity index (χ0v) is 24.4. The molecular weight excluding hydrogens is 554 g/mol. The highest BCUT2D eigenvalue weighted by atomic mass is 16.4. The van der Waals surface area contributed by atoms with Crippen LogP contribution in [0, 0.1) is 5.92 Å². The SMILES string of the molecule is CC(C)C[C@H](NC(=O)[C@@H]1CCCN1C(=O)CNC(=O)c1ccccc1)C(=O)NC[C@H](NC(=O)Cc1ccccc1)C(=O)O. The Balaban J connectivity index is 1.56. The Hall–Kier alpha value is -4.74. The van der Waals surface area contributed by atoms with E-state index in [4.69, 9.17) is 0 Å². The molecule has 0 saturated carbocycles. The lowest BCUT2D eigenvalue weighted by molar-refractivity contribution is -0.142. The molecule has 3 atom stereocenters. The lowest BCUT2D eigenvalue weighted by atomic mass is 10.0. The van der Waals surface area contributed by atoms with Crippen LogP contribution in [0.1, 0.15) is 49.0 Å². The van der Waals surface area contributed by atoms with Crippen molar-refractivity contribution < 1.29 is 33.9 Å². The van der Waals surface area contributed by atoms with E-state index in [9.17, 15) is 33.9 Å². The summed E-state index contributed by atoms with van der Waals surface area (Å²) in [5.41, 5.74) is 1.13. The standard InChI is InChI=1S/C31H39N5O7/c1-20(2)16-23(29(40)32-18-24(31(42)43)34-26(37)17-21-10-5-3-6-11-21)35-30(41)25-14-9-15-36(25)27(38)19-33-28(39)22-12-7-4-8-13-22/h3-8,10-13,20,23-25H,9,14-19H2,1-2H3,(H,32,40)(H,33,39)(H,34,37)(H,35,41)(H,42,43)/t23-,24-,25-/m0/s1. The number of amides is 5. The molecule has 3 rings (SSSR count). The average molecular weight is 594 g/mol. The van der Waals surface area contributed by atoms with Crippen LogP contribution < -0.4 is 21.3 Å². The molecule has 0 bridgehead atoms. The first-order valence-corrected chi connectivity index (χ1v) is 14.3. The van der Waals surface area contributed by atoms with E-state index < -0.39 is 53.6 Å². The van der Waals surface area contributed by atoms with Gasteiger partial charge in [-0.1, -0.05) is 62.4 Å². The summed E-state index contributed by atoms with van der Waals surface area (Å²) < 4.78 is 0. The van der Waals surface area contributed by atoms with Gasteiger partial charge in [0.15, 0.2) is 0 Å². The van der Waals surface area contributed by atoms with Gasteiger partial charge in [0.2, 0.25) is 23.6 Å². The zero-order chi connectivity index (χ0) is 31.4. The van der Waals surface area contributed by atoms with Gasteiger partial charge >= 0.3 is 5.97 Å². The number of benzene rings is 2. The van der Waals surface area contributed by atoms with Crippen molar-refractivity contribution in [2.45, 2.75) is 57.7 Å². The van der Waals surface area contributed by atoms with E-state index in [1.54, 1.807) is 60.7 Å². The molecular formula is C31H39N5O7. The number of hydrogen-bond donors (Lipinski definition) is 5. The maximum absolute atomic E-state index is 13.3. The van der Waals surface area contributed by atoms with E-state index in [2.05, 4.69) is 21.3 Å². The zero-order valence-electron chi connectivity index (χ0n) is 24.4. The number of hydrogen-bond acceptors (Lipinski definition) is 6. The van der Waals surface area contributed by atoms with Crippen LogP contribution in [-0.4, -0.2) is 83.3 Å². The summed E-state index contributed by atoms with van der Waals surface area (Å²) in [7, 11) is 0. The molecule has 1 fully saturated rings. The first-order valence-electron chi connectivity index (χ1n) is 14.3. The van der Waals surface area contributed by atoms with Gasteiger partial charge in [0.25, 0.3) is 5.91 Å². The summed E-state index contributed by atoms with van der Waals surface area (Å²) in [6.07, 6.45) is 1.23. The predicted molar refractivity (Wildman–Crippen MR) is 158 cm³/mol. The number of rotatable bonds is 14. The van der Waals surface area contributed by atoms with Crippen LogP contribution in [0.25, 0.3) is 0 Å². The molecule has 1 aliphatic heterocycles. The van der Waals surface area contributed by atoms with Crippen LogP contribution in [-0.2, 0) is 30.4 Å². The van der Waals surface area contributed by atoms with Gasteiger partial charge in [0.1, 0.15) is 18.1 Å². The van der Waals surface area contributed by atoms with Gasteiger partial charge in [0, 0.05) is 18.7 Å². The predicted octanol–water partition coefficient (Wildman–Crippen LogP) is 0.867. The molecule has 43 heavy (non-hydrogen) atoms. The molecule has 5 amide bonds. The van der Waals surface area contributed by atoms with Gasteiger partial charge in [-0.05, 0) is 42.9 Å². The number of likely N-dealkylation sites (tertiary alicyclic amines) is 1. The minimum Gasteiger partial charge on any atom is -0.480 e.